The number of benzene rings is 1. The van der Waals surface area contributed by atoms with E-state index in [2.05, 4.69) is 31.1 Å². The van der Waals surface area contributed by atoms with Gasteiger partial charge in [-0.3, -0.25) is 4.90 Å². The van der Waals surface area contributed by atoms with Crippen LogP contribution in [0.25, 0.3) is 5.70 Å². The Labute approximate surface area is 203 Å². The largest absolute Gasteiger partial charge is 0.463 e. The lowest BCUT2D eigenvalue weighted by molar-refractivity contribution is -0.138. The van der Waals surface area contributed by atoms with Crippen LogP contribution in [-0.4, -0.2) is 55.3 Å². The Morgan fingerprint density at radius 3 is 2.68 bits per heavy atom. The molecule has 34 heavy (non-hydrogen) atoms. The number of morpholine rings is 1. The van der Waals surface area contributed by atoms with Crippen molar-refractivity contribution in [3.8, 4) is 0 Å². The molecule has 2 aliphatic heterocycles. The third-order valence-electron chi connectivity index (χ3n) is 5.60. The molecule has 4 rings (SSSR count). The monoisotopic (exact) mass is 537 g/mol. The molecule has 1 aromatic carbocycles. The van der Waals surface area contributed by atoms with E-state index in [1.165, 1.54) is 12.1 Å². The van der Waals surface area contributed by atoms with Crippen LogP contribution < -0.4 is 5.32 Å². The fourth-order valence-electron chi connectivity index (χ4n) is 4.03. The number of esters is 1. The Morgan fingerprint density at radius 2 is 2.00 bits per heavy atom. The maximum absolute atomic E-state index is 14.7. The molecule has 0 saturated carbocycles. The van der Waals surface area contributed by atoms with Gasteiger partial charge in [-0.2, -0.15) is 0 Å². The number of pyridine rings is 1. The highest BCUT2D eigenvalue weighted by molar-refractivity contribution is 9.10. The van der Waals surface area contributed by atoms with Crippen molar-refractivity contribution in [1.29, 1.82) is 0 Å². The molecule has 1 saturated heterocycles. The van der Waals surface area contributed by atoms with E-state index in [9.17, 15) is 18.0 Å². The van der Waals surface area contributed by atoms with Crippen molar-refractivity contribution in [3.63, 3.8) is 0 Å². The minimum absolute atomic E-state index is 0.0907. The highest BCUT2D eigenvalue weighted by Crippen LogP contribution is 2.39. The number of hydrogen-bond donors (Lipinski definition) is 1. The van der Waals surface area contributed by atoms with Crippen molar-refractivity contribution in [2.24, 2.45) is 0 Å². The second kappa shape index (κ2) is 10.7. The quantitative estimate of drug-likeness (QED) is 0.559. The second-order valence-corrected chi connectivity index (χ2v) is 8.69. The fourth-order valence-corrected chi connectivity index (χ4v) is 4.62. The summed E-state index contributed by atoms with van der Waals surface area (Å²) in [7, 11) is 0. The normalized spacial score (nSPS) is 19.0. The SMILES string of the molecule is CCOC(=O)C1=C(CN2CCOCC2)NC(c2ncc(F)cc2F)=CC1c1ccc(F)cc1Br. The van der Waals surface area contributed by atoms with E-state index in [4.69, 9.17) is 9.47 Å². The first kappa shape index (κ1) is 24.4. The van der Waals surface area contributed by atoms with Gasteiger partial charge in [-0.1, -0.05) is 22.0 Å². The molecule has 2 aromatic rings. The maximum Gasteiger partial charge on any atom is 0.336 e. The predicted octanol–water partition coefficient (Wildman–Crippen LogP) is 4.14. The predicted molar refractivity (Wildman–Crippen MR) is 123 cm³/mol. The summed E-state index contributed by atoms with van der Waals surface area (Å²) in [4.78, 5) is 19.2. The van der Waals surface area contributed by atoms with Crippen molar-refractivity contribution < 1.29 is 27.4 Å². The summed E-state index contributed by atoms with van der Waals surface area (Å²) in [6.45, 7) is 4.60. The molecule has 1 unspecified atom stereocenters. The zero-order valence-electron chi connectivity index (χ0n) is 18.4. The maximum atomic E-state index is 14.7. The standard InChI is InChI=1S/C24H23BrF3N3O3/c1-2-34-24(32)22-17(16-4-3-14(26)9-18(16)25)11-20(23-19(28)10-15(27)12-29-23)30-21(22)13-31-5-7-33-8-6-31/h3-4,9-12,17,30H,2,5-8,13H2,1H3. The zero-order chi connectivity index (χ0) is 24.2. The molecule has 1 N–H and O–H groups in total. The van der Waals surface area contributed by atoms with Gasteiger partial charge >= 0.3 is 5.97 Å². The van der Waals surface area contributed by atoms with Crippen LogP contribution in [-0.2, 0) is 14.3 Å². The number of ether oxygens (including phenoxy) is 2. The molecule has 0 radical (unpaired) electrons. The van der Waals surface area contributed by atoms with Crippen LogP contribution in [0.15, 0.2) is 52.3 Å². The second-order valence-electron chi connectivity index (χ2n) is 7.83. The Kier molecular flexibility index (Phi) is 7.70. The van der Waals surface area contributed by atoms with Gasteiger partial charge in [-0.15, -0.1) is 0 Å². The van der Waals surface area contributed by atoms with Crippen molar-refractivity contribution in [2.75, 3.05) is 39.5 Å². The van der Waals surface area contributed by atoms with Crippen LogP contribution in [0.3, 0.4) is 0 Å². The lowest BCUT2D eigenvalue weighted by atomic mass is 9.85. The average molecular weight is 538 g/mol. The van der Waals surface area contributed by atoms with E-state index in [0.29, 0.717) is 54.2 Å². The Hall–Kier alpha value is -2.69. The summed E-state index contributed by atoms with van der Waals surface area (Å²) in [5.74, 6) is -3.34. The molecular weight excluding hydrogens is 515 g/mol. The molecule has 1 aromatic heterocycles. The van der Waals surface area contributed by atoms with E-state index in [1.807, 2.05) is 0 Å². The minimum atomic E-state index is -0.846. The number of carbonyl (C=O) groups is 1. The summed E-state index contributed by atoms with van der Waals surface area (Å²) in [6, 6.07) is 4.90. The van der Waals surface area contributed by atoms with Gasteiger partial charge in [0.15, 0.2) is 5.82 Å². The van der Waals surface area contributed by atoms with Gasteiger partial charge in [0.05, 0.1) is 37.3 Å². The highest BCUT2D eigenvalue weighted by atomic mass is 79.9. The zero-order valence-corrected chi connectivity index (χ0v) is 20.0. The molecule has 10 heteroatoms. The van der Waals surface area contributed by atoms with E-state index >= 15 is 0 Å². The van der Waals surface area contributed by atoms with Gasteiger partial charge in [0.25, 0.3) is 0 Å². The first-order chi connectivity index (χ1) is 16.4. The number of allylic oxidation sites excluding steroid dienone is 1. The third kappa shape index (κ3) is 5.34. The first-order valence-corrected chi connectivity index (χ1v) is 11.6. The molecule has 180 valence electrons. The van der Waals surface area contributed by atoms with E-state index < -0.39 is 29.3 Å². The lowest BCUT2D eigenvalue weighted by Gasteiger charge is -2.33. The van der Waals surface area contributed by atoms with Crippen molar-refractivity contribution in [3.05, 3.63) is 81.0 Å². The third-order valence-corrected chi connectivity index (χ3v) is 6.28. The Balaban J connectivity index is 1.86. The van der Waals surface area contributed by atoms with Gasteiger partial charge in [0.2, 0.25) is 0 Å². The van der Waals surface area contributed by atoms with E-state index in [-0.39, 0.29) is 18.0 Å². The number of halogens is 4. The summed E-state index contributed by atoms with van der Waals surface area (Å²) < 4.78 is 53.2. The van der Waals surface area contributed by atoms with Crippen molar-refractivity contribution in [1.82, 2.24) is 15.2 Å². The van der Waals surface area contributed by atoms with E-state index in [1.54, 1.807) is 19.1 Å². The van der Waals surface area contributed by atoms with Crippen LogP contribution in [0.1, 0.15) is 24.1 Å². The molecule has 0 amide bonds. The number of nitrogens with one attached hydrogen (secondary N) is 1. The van der Waals surface area contributed by atoms with Crippen LogP contribution in [0, 0.1) is 17.5 Å². The number of rotatable bonds is 6. The molecule has 1 atom stereocenters. The number of hydrogen-bond acceptors (Lipinski definition) is 6. The van der Waals surface area contributed by atoms with Crippen LogP contribution in [0.4, 0.5) is 13.2 Å². The van der Waals surface area contributed by atoms with Gasteiger partial charge < -0.3 is 14.8 Å². The number of dihydropyridines is 1. The fraction of sp³-hybridized carbons (Fsp3) is 0.333. The van der Waals surface area contributed by atoms with Crippen molar-refractivity contribution in [2.45, 2.75) is 12.8 Å². The van der Waals surface area contributed by atoms with Gasteiger partial charge in [0, 0.05) is 41.8 Å². The average Bonchev–Trinajstić information content (AvgIpc) is 2.79. The highest BCUT2D eigenvalue weighted by Gasteiger charge is 2.34. The lowest BCUT2D eigenvalue weighted by Crippen LogP contribution is -2.41. The Bertz CT molecular complexity index is 1150. The van der Waals surface area contributed by atoms with E-state index in [0.717, 1.165) is 12.3 Å². The molecule has 6 nitrogen and oxygen atoms in total. The number of nitrogens with zero attached hydrogens (tertiary/aromatic N) is 2. The summed E-state index contributed by atoms with van der Waals surface area (Å²) in [6.07, 6.45) is 2.55. The van der Waals surface area contributed by atoms with Crippen molar-refractivity contribution >= 4 is 27.6 Å². The topological polar surface area (TPSA) is 63.7 Å². The minimum Gasteiger partial charge on any atom is -0.463 e. The molecule has 3 heterocycles. The summed E-state index contributed by atoms with van der Waals surface area (Å²) >= 11 is 3.39. The van der Waals surface area contributed by atoms with Gasteiger partial charge in [0.1, 0.15) is 17.3 Å². The van der Waals surface area contributed by atoms with Crippen LogP contribution in [0.2, 0.25) is 0 Å². The first-order valence-electron chi connectivity index (χ1n) is 10.8. The molecular formula is C24H23BrF3N3O3. The molecule has 0 aliphatic carbocycles. The summed E-state index contributed by atoms with van der Waals surface area (Å²) in [5.41, 5.74) is 1.60. The van der Waals surface area contributed by atoms with Gasteiger partial charge in [-0.05, 0) is 30.7 Å². The summed E-state index contributed by atoms with van der Waals surface area (Å²) in [5, 5.41) is 3.14. The van der Waals surface area contributed by atoms with Gasteiger partial charge in [-0.25, -0.2) is 22.9 Å². The van der Waals surface area contributed by atoms with Crippen LogP contribution in [0.5, 0.6) is 0 Å². The number of aromatic nitrogens is 1. The smallest absolute Gasteiger partial charge is 0.336 e. The van der Waals surface area contributed by atoms with Crippen LogP contribution >= 0.6 is 15.9 Å². The number of carbonyl (C=O) groups excluding carboxylic acids is 1. The molecule has 0 bridgehead atoms. The Morgan fingerprint density at radius 1 is 1.24 bits per heavy atom. The molecule has 1 fully saturated rings. The molecule has 0 spiro atoms. The molecule has 2 aliphatic rings.